The molecule has 0 saturated carbocycles. The number of hydrogen-bond acceptors (Lipinski definition) is 3. The molecule has 0 heterocycles. The smallest absolute Gasteiger partial charge is 0.344 e. The highest BCUT2D eigenvalue weighted by molar-refractivity contribution is 5.76. The lowest BCUT2D eigenvalue weighted by Crippen LogP contribution is -2.29. The molecular formula is C27H29NO4. The van der Waals surface area contributed by atoms with Crippen molar-refractivity contribution in [3.8, 4) is 5.75 Å². The van der Waals surface area contributed by atoms with E-state index in [9.17, 15) is 14.7 Å². The summed E-state index contributed by atoms with van der Waals surface area (Å²) in [6.07, 6.45) is 0.800. The summed E-state index contributed by atoms with van der Waals surface area (Å²) in [6, 6.07) is 29.4. The second kappa shape index (κ2) is 12.3. The van der Waals surface area contributed by atoms with Crippen molar-refractivity contribution < 1.29 is 19.4 Å². The van der Waals surface area contributed by atoms with Crippen LogP contribution >= 0.6 is 0 Å². The molecule has 3 aromatic carbocycles. The monoisotopic (exact) mass is 431 g/mol. The topological polar surface area (TPSA) is 75.6 Å². The molecule has 0 spiro atoms. The van der Waals surface area contributed by atoms with Crippen LogP contribution in [0.2, 0.25) is 0 Å². The fraction of sp³-hybridized carbons (Fsp3) is 0.259. The van der Waals surface area contributed by atoms with Crippen molar-refractivity contribution in [3.63, 3.8) is 0 Å². The van der Waals surface area contributed by atoms with E-state index in [0.717, 1.165) is 6.42 Å². The standard InChI is InChI=1S/C27H29NO4/c29-26(18-10-17-25(27(30)31)32-23-15-8-3-9-16-23)28-20-19-24(21-11-4-1-5-12-21)22-13-6-2-7-14-22/h1-9,11-16,24-25H,10,17-20H2,(H,28,29)(H,30,31). The zero-order valence-electron chi connectivity index (χ0n) is 18.0. The van der Waals surface area contributed by atoms with Crippen LogP contribution in [0.15, 0.2) is 91.0 Å². The third kappa shape index (κ3) is 7.27. The van der Waals surface area contributed by atoms with Crippen LogP contribution in [0, 0.1) is 0 Å². The highest BCUT2D eigenvalue weighted by atomic mass is 16.5. The van der Waals surface area contributed by atoms with Gasteiger partial charge in [0.25, 0.3) is 0 Å². The lowest BCUT2D eigenvalue weighted by Gasteiger charge is -2.18. The minimum absolute atomic E-state index is 0.0753. The van der Waals surface area contributed by atoms with Gasteiger partial charge in [-0.1, -0.05) is 78.9 Å². The molecule has 3 rings (SSSR count). The van der Waals surface area contributed by atoms with Gasteiger partial charge in [-0.25, -0.2) is 4.79 Å². The molecule has 3 aromatic rings. The molecule has 1 unspecified atom stereocenters. The number of carbonyl (C=O) groups excluding carboxylic acids is 1. The van der Waals surface area contributed by atoms with Gasteiger partial charge in [0.1, 0.15) is 5.75 Å². The van der Waals surface area contributed by atoms with Gasteiger partial charge in [-0.15, -0.1) is 0 Å². The van der Waals surface area contributed by atoms with Crippen LogP contribution in [0.25, 0.3) is 0 Å². The number of ether oxygens (including phenoxy) is 1. The number of aliphatic carboxylic acids is 1. The molecule has 5 heteroatoms. The normalized spacial score (nSPS) is 11.7. The van der Waals surface area contributed by atoms with E-state index in [4.69, 9.17) is 4.74 Å². The average molecular weight is 432 g/mol. The second-order valence-corrected chi connectivity index (χ2v) is 7.66. The van der Waals surface area contributed by atoms with Crippen LogP contribution in [-0.2, 0) is 9.59 Å². The van der Waals surface area contributed by atoms with Gasteiger partial charge in [-0.05, 0) is 42.5 Å². The van der Waals surface area contributed by atoms with E-state index in [-0.39, 0.29) is 24.7 Å². The first-order valence-corrected chi connectivity index (χ1v) is 10.9. The molecule has 32 heavy (non-hydrogen) atoms. The van der Waals surface area contributed by atoms with Gasteiger partial charge in [0, 0.05) is 18.9 Å². The quantitative estimate of drug-likeness (QED) is 0.422. The third-order valence-corrected chi connectivity index (χ3v) is 5.33. The lowest BCUT2D eigenvalue weighted by molar-refractivity contribution is -0.145. The molecule has 166 valence electrons. The molecular weight excluding hydrogens is 402 g/mol. The zero-order chi connectivity index (χ0) is 22.6. The fourth-order valence-corrected chi connectivity index (χ4v) is 3.68. The van der Waals surface area contributed by atoms with Crippen molar-refractivity contribution >= 4 is 11.9 Å². The Morgan fingerprint density at radius 2 is 1.31 bits per heavy atom. The van der Waals surface area contributed by atoms with Crippen molar-refractivity contribution in [1.29, 1.82) is 0 Å². The minimum Gasteiger partial charge on any atom is -0.479 e. The zero-order valence-corrected chi connectivity index (χ0v) is 18.0. The maximum absolute atomic E-state index is 12.3. The summed E-state index contributed by atoms with van der Waals surface area (Å²) >= 11 is 0. The van der Waals surface area contributed by atoms with Crippen molar-refractivity contribution in [3.05, 3.63) is 102 Å². The first-order valence-electron chi connectivity index (χ1n) is 10.9. The van der Waals surface area contributed by atoms with Gasteiger partial charge in [0.15, 0.2) is 6.10 Å². The summed E-state index contributed by atoms with van der Waals surface area (Å²) in [6.45, 7) is 0.552. The van der Waals surface area contributed by atoms with Gasteiger partial charge in [-0.2, -0.15) is 0 Å². The summed E-state index contributed by atoms with van der Waals surface area (Å²) in [5, 5.41) is 12.4. The molecule has 0 bridgehead atoms. The number of carboxylic acids is 1. The molecule has 0 aliphatic carbocycles. The van der Waals surface area contributed by atoms with Crippen LogP contribution in [0.4, 0.5) is 0 Å². The number of hydrogen-bond donors (Lipinski definition) is 2. The van der Waals surface area contributed by atoms with E-state index in [1.807, 2.05) is 42.5 Å². The predicted molar refractivity (Wildman–Crippen MR) is 125 cm³/mol. The first kappa shape index (κ1) is 23.1. The molecule has 0 aliphatic rings. The summed E-state index contributed by atoms with van der Waals surface area (Å²) in [7, 11) is 0. The lowest BCUT2D eigenvalue weighted by atomic mass is 9.88. The van der Waals surface area contributed by atoms with Crippen molar-refractivity contribution in [2.45, 2.75) is 37.7 Å². The number of benzene rings is 3. The van der Waals surface area contributed by atoms with E-state index >= 15 is 0 Å². The van der Waals surface area contributed by atoms with Crippen molar-refractivity contribution in [2.75, 3.05) is 6.54 Å². The molecule has 0 saturated heterocycles. The van der Waals surface area contributed by atoms with Gasteiger partial charge in [-0.3, -0.25) is 4.79 Å². The Kier molecular flexibility index (Phi) is 8.87. The predicted octanol–water partition coefficient (Wildman–Crippen LogP) is 5.03. The van der Waals surface area contributed by atoms with Crippen LogP contribution < -0.4 is 10.1 Å². The number of amides is 1. The van der Waals surface area contributed by atoms with E-state index in [2.05, 4.69) is 29.6 Å². The molecule has 0 aromatic heterocycles. The Morgan fingerprint density at radius 1 is 0.781 bits per heavy atom. The molecule has 0 fully saturated rings. The molecule has 5 nitrogen and oxygen atoms in total. The Bertz CT molecular complexity index is 921. The van der Waals surface area contributed by atoms with E-state index in [1.165, 1.54) is 11.1 Å². The molecule has 0 aliphatic heterocycles. The van der Waals surface area contributed by atoms with Crippen LogP contribution in [-0.4, -0.2) is 29.6 Å². The van der Waals surface area contributed by atoms with E-state index in [1.54, 1.807) is 24.3 Å². The van der Waals surface area contributed by atoms with E-state index in [0.29, 0.717) is 18.7 Å². The summed E-state index contributed by atoms with van der Waals surface area (Å²) in [4.78, 5) is 23.8. The number of carbonyl (C=O) groups is 2. The first-order chi connectivity index (χ1) is 15.6. The minimum atomic E-state index is -1.03. The highest BCUT2D eigenvalue weighted by Gasteiger charge is 2.20. The van der Waals surface area contributed by atoms with Crippen LogP contribution in [0.5, 0.6) is 5.75 Å². The summed E-state index contributed by atoms with van der Waals surface area (Å²) in [5.74, 6) is -0.387. The number of carboxylic acid groups (broad SMARTS) is 1. The molecule has 1 atom stereocenters. The van der Waals surface area contributed by atoms with Gasteiger partial charge >= 0.3 is 5.97 Å². The van der Waals surface area contributed by atoms with Crippen LogP contribution in [0.1, 0.15) is 42.7 Å². The highest BCUT2D eigenvalue weighted by Crippen LogP contribution is 2.27. The Hall–Kier alpha value is -3.60. The number of para-hydroxylation sites is 1. The summed E-state index contributed by atoms with van der Waals surface area (Å²) < 4.78 is 5.54. The number of rotatable bonds is 12. The maximum atomic E-state index is 12.3. The molecule has 2 N–H and O–H groups in total. The molecule has 1 amide bonds. The third-order valence-electron chi connectivity index (χ3n) is 5.33. The molecule has 0 radical (unpaired) electrons. The average Bonchev–Trinajstić information content (AvgIpc) is 2.83. The maximum Gasteiger partial charge on any atom is 0.344 e. The number of nitrogens with one attached hydrogen (secondary N) is 1. The van der Waals surface area contributed by atoms with Gasteiger partial charge < -0.3 is 15.2 Å². The Balaban J connectivity index is 1.45. The second-order valence-electron chi connectivity index (χ2n) is 7.66. The fourth-order valence-electron chi connectivity index (χ4n) is 3.68. The largest absolute Gasteiger partial charge is 0.479 e. The van der Waals surface area contributed by atoms with E-state index < -0.39 is 12.1 Å². The van der Waals surface area contributed by atoms with Gasteiger partial charge in [0.05, 0.1) is 0 Å². The SMILES string of the molecule is O=C(CCCC(Oc1ccccc1)C(=O)O)NCCC(c1ccccc1)c1ccccc1. The van der Waals surface area contributed by atoms with Gasteiger partial charge in [0.2, 0.25) is 5.91 Å². The van der Waals surface area contributed by atoms with Crippen molar-refractivity contribution in [1.82, 2.24) is 5.32 Å². The van der Waals surface area contributed by atoms with Crippen LogP contribution in [0.3, 0.4) is 0 Å². The Labute approximate surface area is 189 Å². The summed E-state index contributed by atoms with van der Waals surface area (Å²) in [5.41, 5.74) is 2.44. The van der Waals surface area contributed by atoms with Crippen molar-refractivity contribution in [2.24, 2.45) is 0 Å². The Morgan fingerprint density at radius 3 is 1.84 bits per heavy atom.